The van der Waals surface area contributed by atoms with Gasteiger partial charge in [-0.15, -0.1) is 0 Å². The smallest absolute Gasteiger partial charge is 0.386 e. The van der Waals surface area contributed by atoms with E-state index in [9.17, 15) is 31.5 Å². The van der Waals surface area contributed by atoms with Crippen LogP contribution in [0.15, 0.2) is 42.5 Å². The number of unbranched alkanes of at least 4 members (excludes halogenated alkanes) is 4. The molecule has 2 aromatic rings. The van der Waals surface area contributed by atoms with E-state index in [-0.39, 0.29) is 31.8 Å². The minimum Gasteiger partial charge on any atom is -0.461 e. The van der Waals surface area contributed by atoms with Crippen LogP contribution in [0.1, 0.15) is 56.1 Å². The Morgan fingerprint density at radius 1 is 0.923 bits per heavy atom. The number of esters is 1. The van der Waals surface area contributed by atoms with Gasteiger partial charge in [-0.1, -0.05) is 49.6 Å². The number of nitrogens with zero attached hydrogens (tertiary/aromatic N) is 1. The summed E-state index contributed by atoms with van der Waals surface area (Å²) in [6.45, 7) is 0.219. The van der Waals surface area contributed by atoms with Gasteiger partial charge in [-0.25, -0.2) is 13.2 Å². The van der Waals surface area contributed by atoms with E-state index >= 15 is 0 Å². The molecule has 2 rings (SSSR count). The fourth-order valence-corrected chi connectivity index (χ4v) is 3.85. The van der Waals surface area contributed by atoms with Crippen LogP contribution in [-0.4, -0.2) is 50.1 Å². The number of rotatable bonds is 17. The van der Waals surface area contributed by atoms with Gasteiger partial charge in [0, 0.05) is 13.0 Å². The Kier molecular flexibility index (Phi) is 13.3. The zero-order valence-electron chi connectivity index (χ0n) is 22.2. The van der Waals surface area contributed by atoms with Crippen LogP contribution in [0.2, 0.25) is 0 Å². The lowest BCUT2D eigenvalue weighted by Gasteiger charge is -2.22. The molecule has 0 unspecified atom stereocenters. The summed E-state index contributed by atoms with van der Waals surface area (Å²) in [5, 5.41) is 2.87. The normalized spacial score (nSPS) is 12.4. The number of hydrogen-bond donors (Lipinski definition) is 1. The lowest BCUT2D eigenvalue weighted by atomic mass is 10.1. The third kappa shape index (κ3) is 11.7. The highest BCUT2D eigenvalue weighted by Gasteiger charge is 2.37. The predicted octanol–water partition coefficient (Wildman–Crippen LogP) is 5.69. The molecule has 1 amide bonds. The zero-order valence-corrected chi connectivity index (χ0v) is 22.2. The van der Waals surface area contributed by atoms with E-state index in [0.717, 1.165) is 5.56 Å². The molecule has 0 saturated carbocycles. The van der Waals surface area contributed by atoms with Gasteiger partial charge in [-0.05, 0) is 44.6 Å². The molecule has 0 aliphatic rings. The third-order valence-corrected chi connectivity index (χ3v) is 5.79. The lowest BCUT2D eigenvalue weighted by Crippen LogP contribution is -2.43. The summed E-state index contributed by atoms with van der Waals surface area (Å²) in [6, 6.07) is 9.75. The van der Waals surface area contributed by atoms with Crippen molar-refractivity contribution in [2.75, 3.05) is 27.2 Å². The van der Waals surface area contributed by atoms with Gasteiger partial charge >= 0.3 is 12.1 Å². The average molecular weight is 559 g/mol. The van der Waals surface area contributed by atoms with Gasteiger partial charge < -0.3 is 19.7 Å². The highest BCUT2D eigenvalue weighted by Crippen LogP contribution is 2.33. The summed E-state index contributed by atoms with van der Waals surface area (Å²) in [5.74, 6) is -6.12. The summed E-state index contributed by atoms with van der Waals surface area (Å²) < 4.78 is 77.5. The standard InChI is InChI=1S/C28H35F5N2O4/c1-35(2)18-21(17-25(37)38-19-20-11-7-6-8-12-20)34-24(36)13-9-4-3-5-10-16-39-28(32,33)22-14-15-23(29)27(31)26(22)30/h6-8,11-12,14-15,21H,3-5,9-10,13,16-19H2,1-2H3,(H,34,36)/t21-/m1/s1. The minimum atomic E-state index is -4.09. The first kappa shape index (κ1) is 32.2. The van der Waals surface area contributed by atoms with E-state index in [1.807, 2.05) is 49.3 Å². The number of halogens is 5. The fraction of sp³-hybridized carbons (Fsp3) is 0.500. The van der Waals surface area contributed by atoms with Gasteiger partial charge in [-0.3, -0.25) is 9.59 Å². The molecule has 0 fully saturated rings. The number of carbonyl (C=O) groups excluding carboxylic acids is 2. The van der Waals surface area contributed by atoms with Crippen molar-refractivity contribution in [3.63, 3.8) is 0 Å². The quantitative estimate of drug-likeness (QED) is 0.117. The second-order valence-corrected chi connectivity index (χ2v) is 9.48. The molecular weight excluding hydrogens is 523 g/mol. The van der Waals surface area contributed by atoms with Crippen molar-refractivity contribution < 1.29 is 41.0 Å². The Morgan fingerprint density at radius 3 is 2.28 bits per heavy atom. The molecule has 216 valence electrons. The van der Waals surface area contributed by atoms with E-state index in [4.69, 9.17) is 4.74 Å². The number of likely N-dealkylation sites (N-methyl/N-ethyl adjacent to an activating group) is 1. The summed E-state index contributed by atoms with van der Waals surface area (Å²) in [6.07, 6.45) is -1.17. The van der Waals surface area contributed by atoms with E-state index in [1.165, 1.54) is 0 Å². The summed E-state index contributed by atoms with van der Waals surface area (Å²) in [4.78, 5) is 26.5. The molecule has 2 aromatic carbocycles. The van der Waals surface area contributed by atoms with Crippen molar-refractivity contribution in [1.29, 1.82) is 0 Å². The lowest BCUT2D eigenvalue weighted by molar-refractivity contribution is -0.250. The molecule has 11 heteroatoms. The highest BCUT2D eigenvalue weighted by atomic mass is 19.3. The monoisotopic (exact) mass is 558 g/mol. The van der Waals surface area contributed by atoms with E-state index in [0.29, 0.717) is 44.4 Å². The number of alkyl halides is 2. The Hall–Kier alpha value is -3.05. The molecule has 0 aliphatic carbocycles. The van der Waals surface area contributed by atoms with Crippen LogP contribution in [0.4, 0.5) is 22.0 Å². The van der Waals surface area contributed by atoms with Crippen LogP contribution in [0.3, 0.4) is 0 Å². The molecule has 1 N–H and O–H groups in total. The van der Waals surface area contributed by atoms with Crippen LogP contribution in [0.5, 0.6) is 0 Å². The minimum absolute atomic E-state index is 0.0375. The van der Waals surface area contributed by atoms with Crippen molar-refractivity contribution in [2.24, 2.45) is 0 Å². The number of hydrogen-bond acceptors (Lipinski definition) is 5. The Labute approximate surface area is 225 Å². The first-order valence-electron chi connectivity index (χ1n) is 12.8. The third-order valence-electron chi connectivity index (χ3n) is 5.79. The van der Waals surface area contributed by atoms with E-state index < -0.39 is 47.7 Å². The van der Waals surface area contributed by atoms with Crippen LogP contribution in [-0.2, 0) is 31.8 Å². The predicted molar refractivity (Wildman–Crippen MR) is 135 cm³/mol. The molecule has 0 radical (unpaired) electrons. The molecule has 1 atom stereocenters. The van der Waals surface area contributed by atoms with E-state index in [1.54, 1.807) is 0 Å². The van der Waals surface area contributed by atoms with Gasteiger partial charge in [-0.2, -0.15) is 8.78 Å². The summed E-state index contributed by atoms with van der Waals surface area (Å²) in [5.41, 5.74) is -0.485. The molecular formula is C28H35F5N2O4. The molecule has 0 bridgehead atoms. The fourth-order valence-electron chi connectivity index (χ4n) is 3.85. The summed E-state index contributed by atoms with van der Waals surface area (Å²) in [7, 11) is 3.67. The maximum Gasteiger partial charge on any atom is 0.386 e. The number of benzene rings is 2. The van der Waals surface area contributed by atoms with Crippen molar-refractivity contribution >= 4 is 11.9 Å². The van der Waals surface area contributed by atoms with Crippen LogP contribution < -0.4 is 5.32 Å². The molecule has 0 saturated heterocycles. The van der Waals surface area contributed by atoms with Crippen LogP contribution in [0.25, 0.3) is 0 Å². The molecule has 6 nitrogen and oxygen atoms in total. The summed E-state index contributed by atoms with van der Waals surface area (Å²) >= 11 is 0. The first-order chi connectivity index (χ1) is 18.5. The maximum atomic E-state index is 14.0. The maximum absolute atomic E-state index is 14.0. The van der Waals surface area contributed by atoms with Gasteiger partial charge in [0.1, 0.15) is 6.61 Å². The number of ether oxygens (including phenoxy) is 2. The Balaban J connectivity index is 1.63. The molecule has 0 aromatic heterocycles. The largest absolute Gasteiger partial charge is 0.461 e. The van der Waals surface area contributed by atoms with Crippen LogP contribution >= 0.6 is 0 Å². The zero-order chi connectivity index (χ0) is 28.8. The Bertz CT molecular complexity index is 1050. The van der Waals surface area contributed by atoms with E-state index in [2.05, 4.69) is 10.1 Å². The van der Waals surface area contributed by atoms with Crippen molar-refractivity contribution in [2.45, 2.75) is 63.7 Å². The second kappa shape index (κ2) is 16.1. The molecule has 0 heterocycles. The van der Waals surface area contributed by atoms with Crippen molar-refractivity contribution in [1.82, 2.24) is 10.2 Å². The Morgan fingerprint density at radius 2 is 1.59 bits per heavy atom. The molecule has 0 spiro atoms. The SMILES string of the molecule is CN(C)C[C@@H](CC(=O)OCc1ccccc1)NC(=O)CCCCCCCOC(F)(F)c1ccc(F)c(F)c1F. The number of nitrogens with one attached hydrogen (secondary N) is 1. The average Bonchev–Trinajstić information content (AvgIpc) is 2.87. The second-order valence-electron chi connectivity index (χ2n) is 9.48. The highest BCUT2D eigenvalue weighted by molar-refractivity contribution is 5.77. The van der Waals surface area contributed by atoms with Crippen LogP contribution in [0, 0.1) is 17.5 Å². The molecule has 0 aliphatic heterocycles. The van der Waals surface area contributed by atoms with Gasteiger partial charge in [0.2, 0.25) is 5.91 Å². The van der Waals surface area contributed by atoms with Crippen molar-refractivity contribution in [3.8, 4) is 0 Å². The number of amides is 1. The van der Waals surface area contributed by atoms with Gasteiger partial charge in [0.05, 0.1) is 24.6 Å². The first-order valence-corrected chi connectivity index (χ1v) is 12.8. The van der Waals surface area contributed by atoms with Gasteiger partial charge in [0.15, 0.2) is 17.5 Å². The molecule has 39 heavy (non-hydrogen) atoms. The topological polar surface area (TPSA) is 67.9 Å². The van der Waals surface area contributed by atoms with Gasteiger partial charge in [0.25, 0.3) is 0 Å². The number of carbonyl (C=O) groups is 2. The van der Waals surface area contributed by atoms with Crippen molar-refractivity contribution in [3.05, 3.63) is 71.0 Å².